The van der Waals surface area contributed by atoms with Crippen LogP contribution in [0.3, 0.4) is 0 Å². The fraction of sp³-hybridized carbons (Fsp3) is 0.438. The maximum absolute atomic E-state index is 12.5. The summed E-state index contributed by atoms with van der Waals surface area (Å²) in [7, 11) is 3.28. The summed E-state index contributed by atoms with van der Waals surface area (Å²) in [6.07, 6.45) is 2.01. The molecule has 5 nitrogen and oxygen atoms in total. The molecule has 1 atom stereocenters. The molecule has 25 heavy (non-hydrogen) atoms. The SMILES string of the molecule is CCCCSP(=S)(N(C)C=S)N(C)C(=O)C(=O)OCc1ccccc1. The monoisotopic (exact) mass is 418 g/mol. The van der Waals surface area contributed by atoms with Gasteiger partial charge in [-0.05, 0) is 23.8 Å². The fourth-order valence-corrected chi connectivity index (χ4v) is 8.01. The van der Waals surface area contributed by atoms with Gasteiger partial charge < -0.3 is 9.41 Å². The molecule has 1 aromatic carbocycles. The zero-order chi connectivity index (χ0) is 18.9. The van der Waals surface area contributed by atoms with Crippen molar-refractivity contribution < 1.29 is 14.3 Å². The molecule has 0 bridgehead atoms. The Bertz CT molecular complexity index is 643. The third-order valence-electron chi connectivity index (χ3n) is 3.37. The van der Waals surface area contributed by atoms with Crippen LogP contribution in [0.1, 0.15) is 25.3 Å². The number of benzene rings is 1. The van der Waals surface area contributed by atoms with Crippen LogP contribution in [0.4, 0.5) is 0 Å². The molecule has 0 aliphatic carbocycles. The third-order valence-corrected chi connectivity index (χ3v) is 12.0. The molecule has 0 saturated carbocycles. The van der Waals surface area contributed by atoms with E-state index in [1.54, 1.807) is 18.8 Å². The number of amides is 1. The number of rotatable bonds is 9. The first kappa shape index (κ1) is 22.1. The molecular weight excluding hydrogens is 395 g/mol. The van der Waals surface area contributed by atoms with Gasteiger partial charge >= 0.3 is 11.9 Å². The molecule has 0 aliphatic rings. The summed E-state index contributed by atoms with van der Waals surface area (Å²) in [4.78, 5) is 24.6. The van der Waals surface area contributed by atoms with E-state index in [1.807, 2.05) is 30.3 Å². The number of carbonyl (C=O) groups excluding carboxylic acids is 2. The Hall–Kier alpha value is -0.950. The van der Waals surface area contributed by atoms with Crippen molar-refractivity contribution in [1.82, 2.24) is 9.34 Å². The number of nitrogens with zero attached hydrogens (tertiary/aromatic N) is 2. The summed E-state index contributed by atoms with van der Waals surface area (Å²) in [5.41, 5.74) is -0.282. The van der Waals surface area contributed by atoms with Crippen LogP contribution in [-0.4, -0.2) is 46.6 Å². The molecule has 9 heteroatoms. The van der Waals surface area contributed by atoms with E-state index >= 15 is 0 Å². The normalized spacial score (nSPS) is 12.8. The number of likely N-dealkylation sites (N-methyl/N-ethyl adjacent to an activating group) is 1. The lowest BCUT2D eigenvalue weighted by Crippen LogP contribution is -2.35. The van der Waals surface area contributed by atoms with Crippen molar-refractivity contribution >= 4 is 58.3 Å². The van der Waals surface area contributed by atoms with E-state index in [9.17, 15) is 9.59 Å². The maximum Gasteiger partial charge on any atom is 0.397 e. The van der Waals surface area contributed by atoms with Crippen molar-refractivity contribution in [3.05, 3.63) is 35.9 Å². The van der Waals surface area contributed by atoms with E-state index < -0.39 is 17.4 Å². The summed E-state index contributed by atoms with van der Waals surface area (Å²) < 4.78 is 8.12. The maximum atomic E-state index is 12.5. The Morgan fingerprint density at radius 1 is 1.28 bits per heavy atom. The van der Waals surface area contributed by atoms with Crippen LogP contribution in [-0.2, 0) is 32.7 Å². The van der Waals surface area contributed by atoms with E-state index in [0.717, 1.165) is 24.2 Å². The number of carbonyl (C=O) groups is 2. The highest BCUT2D eigenvalue weighted by Crippen LogP contribution is 2.63. The van der Waals surface area contributed by atoms with Crippen LogP contribution in [0.2, 0.25) is 0 Å². The second-order valence-corrected chi connectivity index (χ2v) is 12.9. The molecule has 1 unspecified atom stereocenters. The highest BCUT2D eigenvalue weighted by atomic mass is 32.9. The smallest absolute Gasteiger partial charge is 0.397 e. The minimum absolute atomic E-state index is 0.0497. The Morgan fingerprint density at radius 2 is 1.92 bits per heavy atom. The highest BCUT2D eigenvalue weighted by molar-refractivity contribution is 8.69. The number of ether oxygens (including phenoxy) is 1. The lowest BCUT2D eigenvalue weighted by atomic mass is 10.2. The zero-order valence-corrected chi connectivity index (χ0v) is 17.9. The van der Waals surface area contributed by atoms with E-state index in [-0.39, 0.29) is 6.61 Å². The van der Waals surface area contributed by atoms with Crippen LogP contribution in [0.25, 0.3) is 0 Å². The van der Waals surface area contributed by atoms with Gasteiger partial charge in [0.15, 0.2) is 5.54 Å². The van der Waals surface area contributed by atoms with E-state index in [2.05, 4.69) is 6.92 Å². The molecule has 0 fully saturated rings. The van der Waals surface area contributed by atoms with E-state index in [4.69, 9.17) is 28.8 Å². The number of thiocarbonyl (C=S) groups is 1. The van der Waals surface area contributed by atoms with Crippen LogP contribution < -0.4 is 0 Å². The first-order chi connectivity index (χ1) is 11.9. The average molecular weight is 419 g/mol. The first-order valence-electron chi connectivity index (χ1n) is 7.79. The van der Waals surface area contributed by atoms with Gasteiger partial charge in [-0.3, -0.25) is 9.46 Å². The van der Waals surface area contributed by atoms with Gasteiger partial charge in [0, 0.05) is 19.8 Å². The lowest BCUT2D eigenvalue weighted by molar-refractivity contribution is -0.158. The molecule has 138 valence electrons. The third kappa shape index (κ3) is 6.37. The Kier molecular flexibility index (Phi) is 9.64. The summed E-state index contributed by atoms with van der Waals surface area (Å²) in [5, 5.41) is 0. The lowest BCUT2D eigenvalue weighted by Gasteiger charge is -2.36. The van der Waals surface area contributed by atoms with Crippen LogP contribution in [0, 0.1) is 0 Å². The van der Waals surface area contributed by atoms with Crippen molar-refractivity contribution in [2.75, 3.05) is 19.8 Å². The minimum Gasteiger partial charge on any atom is -0.454 e. The number of hydrogen-bond acceptors (Lipinski definition) is 6. The standard InChI is InChI=1S/C16H23N2O3PS3/c1-4-5-11-25-22(24,17(2)13-23)18(3)15(19)16(20)21-12-14-9-7-6-8-10-14/h6-10,13H,4-5,11-12H2,1-3H3. The van der Waals surface area contributed by atoms with Gasteiger partial charge in [0.25, 0.3) is 0 Å². The minimum atomic E-state index is -2.53. The molecule has 0 N–H and O–H groups in total. The van der Waals surface area contributed by atoms with Crippen molar-refractivity contribution in [2.45, 2.75) is 26.4 Å². The zero-order valence-electron chi connectivity index (χ0n) is 14.6. The van der Waals surface area contributed by atoms with Gasteiger partial charge in [0.05, 0.1) is 5.49 Å². The number of unbranched alkanes of at least 4 members (excludes halogenated alkanes) is 1. The largest absolute Gasteiger partial charge is 0.454 e. The quantitative estimate of drug-likeness (QED) is 0.199. The Labute approximate surface area is 163 Å². The van der Waals surface area contributed by atoms with Crippen LogP contribution in [0.15, 0.2) is 30.3 Å². The molecule has 0 aromatic heterocycles. The van der Waals surface area contributed by atoms with Crippen molar-refractivity contribution in [1.29, 1.82) is 0 Å². The van der Waals surface area contributed by atoms with Gasteiger partial charge in [0.2, 0.25) is 0 Å². The molecule has 1 amide bonds. The summed E-state index contributed by atoms with van der Waals surface area (Å²) in [6, 6.07) is 9.21. The van der Waals surface area contributed by atoms with Gasteiger partial charge in [-0.25, -0.2) is 4.79 Å². The molecule has 0 spiro atoms. The predicted octanol–water partition coefficient (Wildman–Crippen LogP) is 3.84. The second-order valence-electron chi connectivity index (χ2n) is 5.25. The van der Waals surface area contributed by atoms with Gasteiger partial charge in [-0.15, -0.1) is 0 Å². The summed E-state index contributed by atoms with van der Waals surface area (Å²) in [6.45, 7) is 2.14. The second kappa shape index (κ2) is 10.9. The first-order valence-corrected chi connectivity index (χ1v) is 12.6. The highest BCUT2D eigenvalue weighted by Gasteiger charge is 2.34. The van der Waals surface area contributed by atoms with Crippen molar-refractivity contribution in [2.24, 2.45) is 0 Å². The Morgan fingerprint density at radius 3 is 2.48 bits per heavy atom. The average Bonchev–Trinajstić information content (AvgIpc) is 2.64. The molecule has 0 heterocycles. The number of esters is 1. The van der Waals surface area contributed by atoms with Gasteiger partial charge in [-0.1, -0.05) is 67.3 Å². The van der Waals surface area contributed by atoms with Crippen LogP contribution >= 0.6 is 29.1 Å². The Balaban J connectivity index is 2.78. The summed E-state index contributed by atoms with van der Waals surface area (Å²) >= 11 is 12.2. The topological polar surface area (TPSA) is 49.9 Å². The predicted molar refractivity (Wildman–Crippen MR) is 112 cm³/mol. The summed E-state index contributed by atoms with van der Waals surface area (Å²) in [5.74, 6) is -0.848. The molecular formula is C16H23N2O3PS3. The number of hydrogen-bond donors (Lipinski definition) is 0. The van der Waals surface area contributed by atoms with E-state index in [1.165, 1.54) is 21.5 Å². The van der Waals surface area contributed by atoms with Gasteiger partial charge in [-0.2, -0.15) is 0 Å². The fourth-order valence-electron chi connectivity index (χ4n) is 1.81. The van der Waals surface area contributed by atoms with Gasteiger partial charge in [0.1, 0.15) is 6.61 Å². The molecule has 0 saturated heterocycles. The van der Waals surface area contributed by atoms with Crippen LogP contribution in [0.5, 0.6) is 0 Å². The van der Waals surface area contributed by atoms with Crippen molar-refractivity contribution in [3.8, 4) is 0 Å². The molecule has 1 aromatic rings. The van der Waals surface area contributed by atoms with Crippen molar-refractivity contribution in [3.63, 3.8) is 0 Å². The van der Waals surface area contributed by atoms with E-state index in [0.29, 0.717) is 0 Å². The molecule has 1 rings (SSSR count). The molecule has 0 aliphatic heterocycles. The molecule has 0 radical (unpaired) electrons.